The van der Waals surface area contributed by atoms with E-state index in [1.54, 1.807) is 6.20 Å². The Bertz CT molecular complexity index is 396. The molecule has 98 valence electrons. The van der Waals surface area contributed by atoms with Crippen molar-refractivity contribution in [2.24, 2.45) is 0 Å². The maximum atomic E-state index is 12.0. The highest BCUT2D eigenvalue weighted by molar-refractivity contribution is 5.94. The van der Waals surface area contributed by atoms with Gasteiger partial charge in [0.15, 0.2) is 0 Å². The van der Waals surface area contributed by atoms with Crippen LogP contribution in [0.4, 0.5) is 11.5 Å². The van der Waals surface area contributed by atoms with E-state index in [4.69, 9.17) is 0 Å². The number of carbonyl (C=O) groups is 1. The molecule has 1 saturated heterocycles. The predicted molar refractivity (Wildman–Crippen MR) is 72.8 cm³/mol. The van der Waals surface area contributed by atoms with Crippen LogP contribution < -0.4 is 15.5 Å². The summed E-state index contributed by atoms with van der Waals surface area (Å²) >= 11 is 0. The smallest absolute Gasteiger partial charge is 0.241 e. The molecule has 5 nitrogen and oxygen atoms in total. The first-order valence-corrected chi connectivity index (χ1v) is 6.34. The number of piperidine rings is 1. The van der Waals surface area contributed by atoms with Crippen molar-refractivity contribution in [2.75, 3.05) is 30.9 Å². The Labute approximate surface area is 108 Å². The molecule has 1 aromatic heterocycles. The summed E-state index contributed by atoms with van der Waals surface area (Å²) in [6.45, 7) is 0.926. The van der Waals surface area contributed by atoms with Crippen LogP contribution in [0.5, 0.6) is 0 Å². The van der Waals surface area contributed by atoms with Gasteiger partial charge in [0.1, 0.15) is 5.82 Å². The molecule has 1 atom stereocenters. The fraction of sp³-hybridized carbons (Fsp3) is 0.538. The van der Waals surface area contributed by atoms with Crippen molar-refractivity contribution < 1.29 is 4.79 Å². The normalized spacial score (nSPS) is 19.3. The summed E-state index contributed by atoms with van der Waals surface area (Å²) in [5.74, 6) is 0.915. The Kier molecular flexibility index (Phi) is 4.15. The molecule has 0 saturated carbocycles. The molecule has 2 heterocycles. The van der Waals surface area contributed by atoms with Crippen LogP contribution >= 0.6 is 0 Å². The maximum Gasteiger partial charge on any atom is 0.241 e. The average molecular weight is 248 g/mol. The van der Waals surface area contributed by atoms with Gasteiger partial charge in [-0.15, -0.1) is 0 Å². The topological polar surface area (TPSA) is 57.3 Å². The number of nitrogens with zero attached hydrogens (tertiary/aromatic N) is 2. The maximum absolute atomic E-state index is 12.0. The lowest BCUT2D eigenvalue weighted by atomic mass is 10.0. The number of carbonyl (C=O) groups excluding carboxylic acids is 1. The van der Waals surface area contributed by atoms with Gasteiger partial charge in [0.2, 0.25) is 5.91 Å². The predicted octanol–water partition coefficient (Wildman–Crippen LogP) is 1.23. The van der Waals surface area contributed by atoms with Crippen molar-refractivity contribution >= 4 is 17.4 Å². The van der Waals surface area contributed by atoms with E-state index in [2.05, 4.69) is 15.6 Å². The molecule has 0 unspecified atom stereocenters. The molecule has 0 bridgehead atoms. The van der Waals surface area contributed by atoms with Crippen molar-refractivity contribution in [2.45, 2.75) is 25.3 Å². The van der Waals surface area contributed by atoms with Crippen LogP contribution in [0.2, 0.25) is 0 Å². The summed E-state index contributed by atoms with van der Waals surface area (Å²) < 4.78 is 0. The molecule has 2 N–H and O–H groups in total. The Morgan fingerprint density at radius 1 is 1.44 bits per heavy atom. The van der Waals surface area contributed by atoms with Gasteiger partial charge in [0.05, 0.1) is 17.9 Å². The van der Waals surface area contributed by atoms with Crippen LogP contribution in [0.15, 0.2) is 18.3 Å². The second-order valence-corrected chi connectivity index (χ2v) is 4.79. The van der Waals surface area contributed by atoms with E-state index < -0.39 is 0 Å². The summed E-state index contributed by atoms with van der Waals surface area (Å²) in [4.78, 5) is 18.2. The fourth-order valence-electron chi connectivity index (χ4n) is 2.03. The molecular formula is C13H20N4O. The lowest BCUT2D eigenvalue weighted by molar-refractivity contribution is -0.118. The first-order chi connectivity index (χ1) is 8.66. The first kappa shape index (κ1) is 12.8. The highest BCUT2D eigenvalue weighted by Gasteiger charge is 2.20. The Morgan fingerprint density at radius 3 is 2.83 bits per heavy atom. The summed E-state index contributed by atoms with van der Waals surface area (Å²) in [6.07, 6.45) is 4.87. The highest BCUT2D eigenvalue weighted by atomic mass is 16.2. The molecule has 1 aromatic rings. The van der Waals surface area contributed by atoms with Gasteiger partial charge in [-0.25, -0.2) is 4.98 Å². The average Bonchev–Trinajstić information content (AvgIpc) is 2.40. The Hall–Kier alpha value is -1.62. The summed E-state index contributed by atoms with van der Waals surface area (Å²) in [6, 6.07) is 3.71. The molecule has 0 aliphatic carbocycles. The van der Waals surface area contributed by atoms with Crippen LogP contribution in [-0.4, -0.2) is 37.6 Å². The van der Waals surface area contributed by atoms with E-state index in [9.17, 15) is 4.79 Å². The number of hydrogen-bond donors (Lipinski definition) is 2. The van der Waals surface area contributed by atoms with Crippen LogP contribution in [0.25, 0.3) is 0 Å². The van der Waals surface area contributed by atoms with Gasteiger partial charge in [0, 0.05) is 14.1 Å². The lowest BCUT2D eigenvalue weighted by Gasteiger charge is -2.22. The fourth-order valence-corrected chi connectivity index (χ4v) is 2.03. The molecule has 1 aliphatic rings. The number of rotatable bonds is 3. The molecule has 1 fully saturated rings. The summed E-state index contributed by atoms with van der Waals surface area (Å²) in [5.41, 5.74) is 0.748. The first-order valence-electron chi connectivity index (χ1n) is 6.34. The number of amides is 1. The molecule has 2 rings (SSSR count). The van der Waals surface area contributed by atoms with E-state index in [1.165, 1.54) is 0 Å². The van der Waals surface area contributed by atoms with Crippen molar-refractivity contribution in [3.8, 4) is 0 Å². The number of nitrogens with one attached hydrogen (secondary N) is 2. The van der Waals surface area contributed by atoms with Gasteiger partial charge in [-0.1, -0.05) is 6.42 Å². The van der Waals surface area contributed by atoms with Crippen molar-refractivity contribution in [3.63, 3.8) is 0 Å². The minimum atomic E-state index is -0.0627. The van der Waals surface area contributed by atoms with Gasteiger partial charge >= 0.3 is 0 Å². The van der Waals surface area contributed by atoms with E-state index >= 15 is 0 Å². The Balaban J connectivity index is 1.94. The summed E-state index contributed by atoms with van der Waals surface area (Å²) in [7, 11) is 3.87. The zero-order chi connectivity index (χ0) is 13.0. The van der Waals surface area contributed by atoms with Gasteiger partial charge in [-0.3, -0.25) is 4.79 Å². The Morgan fingerprint density at radius 2 is 2.28 bits per heavy atom. The number of aromatic nitrogens is 1. The third-order valence-corrected chi connectivity index (χ3v) is 3.10. The second-order valence-electron chi connectivity index (χ2n) is 4.79. The highest BCUT2D eigenvalue weighted by Crippen LogP contribution is 2.13. The molecule has 0 spiro atoms. The van der Waals surface area contributed by atoms with Gasteiger partial charge in [0.25, 0.3) is 0 Å². The van der Waals surface area contributed by atoms with Crippen molar-refractivity contribution in [1.82, 2.24) is 10.3 Å². The lowest BCUT2D eigenvalue weighted by Crippen LogP contribution is -2.43. The number of hydrogen-bond acceptors (Lipinski definition) is 4. The molecular weight excluding hydrogens is 228 g/mol. The molecule has 18 heavy (non-hydrogen) atoms. The van der Waals surface area contributed by atoms with Crippen molar-refractivity contribution in [3.05, 3.63) is 18.3 Å². The second kappa shape index (κ2) is 5.82. The SMILES string of the molecule is CN(C)c1ccc(NC(=O)[C@H]2CCCCN2)cn1. The van der Waals surface area contributed by atoms with E-state index in [0.717, 1.165) is 37.3 Å². The van der Waals surface area contributed by atoms with E-state index in [-0.39, 0.29) is 11.9 Å². The molecule has 0 radical (unpaired) electrons. The molecule has 1 amide bonds. The third kappa shape index (κ3) is 3.20. The number of pyridine rings is 1. The quantitative estimate of drug-likeness (QED) is 0.844. The van der Waals surface area contributed by atoms with E-state index in [0.29, 0.717) is 0 Å². The third-order valence-electron chi connectivity index (χ3n) is 3.10. The van der Waals surface area contributed by atoms with Crippen LogP contribution in [-0.2, 0) is 4.79 Å². The standard InChI is InChI=1S/C13H20N4O/c1-17(2)12-7-6-10(9-15-12)16-13(18)11-5-3-4-8-14-11/h6-7,9,11,14H,3-5,8H2,1-2H3,(H,16,18)/t11-/m1/s1. The largest absolute Gasteiger partial charge is 0.363 e. The number of anilines is 2. The van der Waals surface area contributed by atoms with Crippen LogP contribution in [0, 0.1) is 0 Å². The van der Waals surface area contributed by atoms with Crippen molar-refractivity contribution in [1.29, 1.82) is 0 Å². The summed E-state index contributed by atoms with van der Waals surface area (Å²) in [5, 5.41) is 6.12. The van der Waals surface area contributed by atoms with Crippen LogP contribution in [0.1, 0.15) is 19.3 Å². The molecule has 5 heteroatoms. The molecule has 0 aromatic carbocycles. The minimum absolute atomic E-state index is 0.0362. The monoisotopic (exact) mass is 248 g/mol. The molecule has 1 aliphatic heterocycles. The van der Waals surface area contributed by atoms with Gasteiger partial charge < -0.3 is 15.5 Å². The zero-order valence-corrected chi connectivity index (χ0v) is 10.9. The minimum Gasteiger partial charge on any atom is -0.363 e. The van der Waals surface area contributed by atoms with Crippen LogP contribution in [0.3, 0.4) is 0 Å². The van der Waals surface area contributed by atoms with Gasteiger partial charge in [-0.05, 0) is 31.5 Å². The van der Waals surface area contributed by atoms with Gasteiger partial charge in [-0.2, -0.15) is 0 Å². The van der Waals surface area contributed by atoms with E-state index in [1.807, 2.05) is 31.1 Å². The zero-order valence-electron chi connectivity index (χ0n) is 10.9.